The van der Waals surface area contributed by atoms with E-state index in [1.807, 2.05) is 18.9 Å². The van der Waals surface area contributed by atoms with Gasteiger partial charge in [-0.25, -0.2) is 4.39 Å². The average molecular weight is 493 g/mol. The van der Waals surface area contributed by atoms with Crippen LogP contribution in [0.2, 0.25) is 5.02 Å². The number of carbonyl (C=O) groups excluding carboxylic acids is 2. The van der Waals surface area contributed by atoms with Gasteiger partial charge in [0.2, 0.25) is 5.43 Å². The first kappa shape index (κ1) is 24.0. The lowest BCUT2D eigenvalue weighted by atomic mass is 10.1. The van der Waals surface area contributed by atoms with Crippen molar-refractivity contribution in [3.05, 3.63) is 62.3 Å². The van der Waals surface area contributed by atoms with Crippen molar-refractivity contribution < 1.29 is 23.8 Å². The largest absolute Gasteiger partial charge is 0.502 e. The number of fused-ring (bicyclic) bond motifs is 3. The van der Waals surface area contributed by atoms with E-state index in [0.717, 1.165) is 6.42 Å². The predicted molar refractivity (Wildman–Crippen MR) is 123 cm³/mol. The highest BCUT2D eigenvalue weighted by atomic mass is 35.5. The van der Waals surface area contributed by atoms with Crippen molar-refractivity contribution in [1.82, 2.24) is 14.9 Å². The van der Waals surface area contributed by atoms with E-state index < -0.39 is 28.8 Å². The molecule has 1 fully saturated rings. The zero-order valence-corrected chi connectivity index (χ0v) is 19.6. The number of carbonyl (C=O) groups is 2. The molecule has 4 rings (SSSR count). The Labute approximate surface area is 200 Å². The van der Waals surface area contributed by atoms with Gasteiger partial charge in [0, 0.05) is 31.5 Å². The number of benzene rings is 1. The first-order valence-electron chi connectivity index (χ1n) is 11.2. The van der Waals surface area contributed by atoms with Crippen molar-refractivity contribution in [2.45, 2.75) is 45.4 Å². The van der Waals surface area contributed by atoms with Crippen molar-refractivity contribution in [3.8, 4) is 5.75 Å². The zero-order chi connectivity index (χ0) is 24.6. The number of pyridine rings is 1. The summed E-state index contributed by atoms with van der Waals surface area (Å²) in [6.07, 6.45) is 2.38. The third-order valence-electron chi connectivity index (χ3n) is 6.24. The van der Waals surface area contributed by atoms with Crippen LogP contribution >= 0.6 is 11.6 Å². The molecule has 2 atom stereocenters. The summed E-state index contributed by atoms with van der Waals surface area (Å²) in [6.45, 7) is 4.79. The fraction of sp³-hybridized carbons (Fsp3) is 0.435. The number of nitrogens with one attached hydrogen (secondary N) is 1. The summed E-state index contributed by atoms with van der Waals surface area (Å²) in [6, 6.07) is 4.27. The quantitative estimate of drug-likeness (QED) is 0.614. The molecular formula is C23H26ClFN4O5. The lowest BCUT2D eigenvalue weighted by Gasteiger charge is -2.45. The summed E-state index contributed by atoms with van der Waals surface area (Å²) in [7, 11) is 0. The van der Waals surface area contributed by atoms with E-state index >= 15 is 0 Å². The van der Waals surface area contributed by atoms with Crippen molar-refractivity contribution in [2.75, 3.05) is 24.8 Å². The van der Waals surface area contributed by atoms with Crippen LogP contribution in [0.5, 0.6) is 5.75 Å². The number of rotatable bonds is 7. The first-order valence-corrected chi connectivity index (χ1v) is 11.5. The van der Waals surface area contributed by atoms with E-state index in [4.69, 9.17) is 16.3 Å². The normalized spacial score (nSPS) is 19.2. The van der Waals surface area contributed by atoms with Crippen molar-refractivity contribution in [1.29, 1.82) is 0 Å². The van der Waals surface area contributed by atoms with Gasteiger partial charge in [-0.2, -0.15) is 0 Å². The van der Waals surface area contributed by atoms with Gasteiger partial charge in [0.15, 0.2) is 11.4 Å². The van der Waals surface area contributed by atoms with Crippen LogP contribution in [-0.4, -0.2) is 58.5 Å². The zero-order valence-electron chi connectivity index (χ0n) is 18.9. The Bertz CT molecular complexity index is 1190. The number of hydrogen-bond donors (Lipinski definition) is 2. The molecule has 0 saturated carbocycles. The molecule has 2 amide bonds. The van der Waals surface area contributed by atoms with E-state index in [0.29, 0.717) is 26.2 Å². The number of halogens is 2. The Balaban J connectivity index is 1.72. The van der Waals surface area contributed by atoms with Crippen LogP contribution in [0, 0.1) is 5.82 Å². The molecule has 34 heavy (non-hydrogen) atoms. The number of hydrogen-bond acceptors (Lipinski definition) is 6. The second-order valence-corrected chi connectivity index (χ2v) is 8.56. The standard InChI is InChI=1S/C23H26ClFN4O5/c1-3-27-17-9-8-14(12-34-4-2)29(17)28-11-15(20(30)21(31)19(28)23(27)33)22(32)26-10-13-6-5-7-16(24)18(13)25/h5-7,11,14,17,31H,3-4,8-10,12H2,1-2H3,(H,26,32)/t14-,17+/m1/s1. The van der Waals surface area contributed by atoms with Crippen LogP contribution < -0.4 is 15.8 Å². The number of aromatic nitrogens is 1. The molecule has 2 N–H and O–H groups in total. The van der Waals surface area contributed by atoms with Crippen LogP contribution in [0.1, 0.15) is 53.1 Å². The molecule has 2 aliphatic rings. The summed E-state index contributed by atoms with van der Waals surface area (Å²) in [5, 5.41) is 15.0. The number of aromatic hydroxyl groups is 1. The Kier molecular flexibility index (Phi) is 6.81. The average Bonchev–Trinajstić information content (AvgIpc) is 3.24. The molecule has 1 aromatic heterocycles. The van der Waals surface area contributed by atoms with Crippen molar-refractivity contribution >= 4 is 23.4 Å². The minimum absolute atomic E-state index is 0.0855. The van der Waals surface area contributed by atoms with Crippen LogP contribution in [0.4, 0.5) is 4.39 Å². The smallest absolute Gasteiger partial charge is 0.278 e. The molecule has 1 saturated heterocycles. The van der Waals surface area contributed by atoms with Gasteiger partial charge in [0.05, 0.1) is 17.7 Å². The fourth-order valence-corrected chi connectivity index (χ4v) is 4.79. The van der Waals surface area contributed by atoms with Crippen LogP contribution in [0.15, 0.2) is 29.2 Å². The second-order valence-electron chi connectivity index (χ2n) is 8.15. The predicted octanol–water partition coefficient (Wildman–Crippen LogP) is 2.22. The van der Waals surface area contributed by atoms with Crippen LogP contribution in [0.3, 0.4) is 0 Å². The number of nitrogens with zero attached hydrogens (tertiary/aromatic N) is 3. The Morgan fingerprint density at radius 2 is 2.06 bits per heavy atom. The molecule has 2 aromatic rings. The molecular weight excluding hydrogens is 467 g/mol. The van der Waals surface area contributed by atoms with E-state index in [-0.39, 0.29) is 40.6 Å². The summed E-state index contributed by atoms with van der Waals surface area (Å²) >= 11 is 5.78. The Morgan fingerprint density at radius 3 is 2.76 bits per heavy atom. The maximum atomic E-state index is 14.2. The van der Waals surface area contributed by atoms with Gasteiger partial charge in [-0.1, -0.05) is 23.7 Å². The van der Waals surface area contributed by atoms with E-state index in [9.17, 15) is 23.9 Å². The number of ether oxygens (including phenoxy) is 1. The maximum Gasteiger partial charge on any atom is 0.278 e. The van der Waals surface area contributed by atoms with Gasteiger partial charge in [0.1, 0.15) is 17.5 Å². The molecule has 0 unspecified atom stereocenters. The molecule has 0 radical (unpaired) electrons. The summed E-state index contributed by atoms with van der Waals surface area (Å²) < 4.78 is 21.2. The monoisotopic (exact) mass is 492 g/mol. The summed E-state index contributed by atoms with van der Waals surface area (Å²) in [5.41, 5.74) is -1.38. The molecule has 3 heterocycles. The van der Waals surface area contributed by atoms with Crippen LogP contribution in [-0.2, 0) is 11.3 Å². The van der Waals surface area contributed by atoms with Gasteiger partial charge in [-0.05, 0) is 32.8 Å². The molecule has 2 aliphatic heterocycles. The van der Waals surface area contributed by atoms with Crippen molar-refractivity contribution in [3.63, 3.8) is 0 Å². The third kappa shape index (κ3) is 4.01. The van der Waals surface area contributed by atoms with Gasteiger partial charge in [0.25, 0.3) is 11.8 Å². The van der Waals surface area contributed by atoms with Gasteiger partial charge < -0.3 is 20.1 Å². The minimum atomic E-state index is -0.973. The summed E-state index contributed by atoms with van der Waals surface area (Å²) in [4.78, 5) is 40.5. The van der Waals surface area contributed by atoms with Gasteiger partial charge in [-0.15, -0.1) is 0 Å². The van der Waals surface area contributed by atoms with E-state index in [1.54, 1.807) is 11.0 Å². The molecule has 1 aromatic carbocycles. The van der Waals surface area contributed by atoms with Crippen LogP contribution in [0.25, 0.3) is 0 Å². The second kappa shape index (κ2) is 9.63. The third-order valence-corrected chi connectivity index (χ3v) is 6.54. The highest BCUT2D eigenvalue weighted by Crippen LogP contribution is 2.33. The Hall–Kier alpha value is -3.11. The molecule has 0 spiro atoms. The van der Waals surface area contributed by atoms with Gasteiger partial charge >= 0.3 is 0 Å². The lowest BCUT2D eigenvalue weighted by Crippen LogP contribution is -2.61. The molecule has 9 nitrogen and oxygen atoms in total. The fourth-order valence-electron chi connectivity index (χ4n) is 4.59. The highest BCUT2D eigenvalue weighted by Gasteiger charge is 2.46. The van der Waals surface area contributed by atoms with E-state index in [1.165, 1.54) is 23.0 Å². The van der Waals surface area contributed by atoms with Crippen molar-refractivity contribution in [2.24, 2.45) is 0 Å². The molecule has 11 heteroatoms. The first-order chi connectivity index (χ1) is 16.3. The highest BCUT2D eigenvalue weighted by molar-refractivity contribution is 6.30. The van der Waals surface area contributed by atoms with E-state index in [2.05, 4.69) is 5.32 Å². The topological polar surface area (TPSA) is 104 Å². The SMILES string of the molecule is CCOC[C@H]1CC[C@H]2N(CC)C(=O)c3c(O)c(=O)c(C(=O)NCc4cccc(Cl)c4F)cn3N12. The number of amides is 2. The van der Waals surface area contributed by atoms with Gasteiger partial charge in [-0.3, -0.25) is 24.1 Å². The Morgan fingerprint density at radius 1 is 1.29 bits per heavy atom. The minimum Gasteiger partial charge on any atom is -0.502 e. The molecule has 0 bridgehead atoms. The summed E-state index contributed by atoms with van der Waals surface area (Å²) in [5.74, 6) is -2.76. The lowest BCUT2D eigenvalue weighted by molar-refractivity contribution is 0.0575. The maximum absolute atomic E-state index is 14.2. The molecule has 182 valence electrons. The molecule has 0 aliphatic carbocycles.